The summed E-state index contributed by atoms with van der Waals surface area (Å²) >= 11 is 0. The summed E-state index contributed by atoms with van der Waals surface area (Å²) in [4.78, 5) is 14.2. The van der Waals surface area contributed by atoms with Crippen molar-refractivity contribution in [3.05, 3.63) is 0 Å². The minimum Gasteiger partial charge on any atom is -0.381 e. The molecule has 0 aromatic carbocycles. The molecular formula is C15H28N2O2. The van der Waals surface area contributed by atoms with Gasteiger partial charge >= 0.3 is 0 Å². The first-order valence-corrected chi connectivity index (χ1v) is 7.90. The molecule has 4 heteroatoms. The Morgan fingerprint density at radius 1 is 1.32 bits per heavy atom. The highest BCUT2D eigenvalue weighted by atomic mass is 16.5. The summed E-state index contributed by atoms with van der Waals surface area (Å²) in [5.74, 6) is 0.940. The summed E-state index contributed by atoms with van der Waals surface area (Å²) in [7, 11) is 0. The molecule has 1 N–H and O–H groups in total. The topological polar surface area (TPSA) is 41.6 Å². The molecule has 2 aliphatic rings. The second kappa shape index (κ2) is 7.85. The average Bonchev–Trinajstić information content (AvgIpc) is 2.98. The van der Waals surface area contributed by atoms with E-state index in [-0.39, 0.29) is 5.91 Å². The molecule has 2 aliphatic heterocycles. The fourth-order valence-electron chi connectivity index (χ4n) is 3.24. The van der Waals surface area contributed by atoms with Crippen molar-refractivity contribution in [1.29, 1.82) is 0 Å². The van der Waals surface area contributed by atoms with Gasteiger partial charge in [-0.25, -0.2) is 0 Å². The van der Waals surface area contributed by atoms with Crippen molar-refractivity contribution >= 4 is 5.91 Å². The van der Waals surface area contributed by atoms with E-state index >= 15 is 0 Å². The number of likely N-dealkylation sites (tertiary alicyclic amines) is 1. The predicted molar refractivity (Wildman–Crippen MR) is 76.1 cm³/mol. The van der Waals surface area contributed by atoms with Crippen LogP contribution >= 0.6 is 0 Å². The number of nitrogens with zero attached hydrogens (tertiary/aromatic N) is 1. The zero-order valence-electron chi connectivity index (χ0n) is 12.2. The Balaban J connectivity index is 1.71. The molecule has 2 saturated heterocycles. The van der Waals surface area contributed by atoms with Gasteiger partial charge in [0.1, 0.15) is 0 Å². The van der Waals surface area contributed by atoms with Crippen LogP contribution < -0.4 is 5.32 Å². The van der Waals surface area contributed by atoms with Gasteiger partial charge in [-0.3, -0.25) is 4.79 Å². The Bertz CT molecular complexity index is 277. The number of amides is 1. The quantitative estimate of drug-likeness (QED) is 0.747. The molecule has 4 nitrogen and oxygen atoms in total. The Morgan fingerprint density at radius 3 is 2.95 bits per heavy atom. The van der Waals surface area contributed by atoms with Gasteiger partial charge in [0.05, 0.1) is 13.0 Å². The highest BCUT2D eigenvalue weighted by Gasteiger charge is 2.30. The summed E-state index contributed by atoms with van der Waals surface area (Å²) in [5.41, 5.74) is 0. The molecule has 0 saturated carbocycles. The maximum Gasteiger partial charge on any atom is 0.224 e. The SMILES string of the molecule is CCCOCCC(=O)N1CCCC(C2CCCN2)C1. The second-order valence-corrected chi connectivity index (χ2v) is 5.81. The normalized spacial score (nSPS) is 27.7. The Labute approximate surface area is 116 Å². The molecule has 2 fully saturated rings. The number of hydrogen-bond acceptors (Lipinski definition) is 3. The maximum atomic E-state index is 12.1. The van der Waals surface area contributed by atoms with E-state index in [1.54, 1.807) is 0 Å². The summed E-state index contributed by atoms with van der Waals surface area (Å²) < 4.78 is 5.41. The molecule has 0 bridgehead atoms. The van der Waals surface area contributed by atoms with Crippen molar-refractivity contribution in [3.63, 3.8) is 0 Å². The monoisotopic (exact) mass is 268 g/mol. The van der Waals surface area contributed by atoms with Crippen LogP contribution in [-0.4, -0.2) is 49.7 Å². The van der Waals surface area contributed by atoms with Crippen LogP contribution in [-0.2, 0) is 9.53 Å². The number of ether oxygens (including phenoxy) is 1. The molecule has 19 heavy (non-hydrogen) atoms. The standard InChI is InChI=1S/C15H28N2O2/c1-2-10-19-11-7-15(18)17-9-4-5-13(12-17)14-6-3-8-16-14/h13-14,16H,2-12H2,1H3. The zero-order chi connectivity index (χ0) is 13.5. The van der Waals surface area contributed by atoms with E-state index in [1.165, 1.54) is 19.3 Å². The lowest BCUT2D eigenvalue weighted by Gasteiger charge is -2.36. The fourth-order valence-corrected chi connectivity index (χ4v) is 3.24. The van der Waals surface area contributed by atoms with Crippen molar-refractivity contribution in [3.8, 4) is 0 Å². The van der Waals surface area contributed by atoms with Gasteiger partial charge in [-0.1, -0.05) is 6.92 Å². The summed E-state index contributed by atoms with van der Waals surface area (Å²) in [6, 6.07) is 0.645. The molecule has 0 spiro atoms. The predicted octanol–water partition coefficient (Wildman–Crippen LogP) is 1.79. The van der Waals surface area contributed by atoms with Gasteiger partial charge in [-0.15, -0.1) is 0 Å². The Morgan fingerprint density at radius 2 is 2.21 bits per heavy atom. The number of piperidine rings is 1. The lowest BCUT2D eigenvalue weighted by Crippen LogP contribution is -2.46. The lowest BCUT2D eigenvalue weighted by molar-refractivity contribution is -0.134. The smallest absolute Gasteiger partial charge is 0.224 e. The van der Waals surface area contributed by atoms with Gasteiger partial charge in [0.2, 0.25) is 5.91 Å². The molecule has 110 valence electrons. The van der Waals surface area contributed by atoms with E-state index in [0.29, 0.717) is 25.0 Å². The largest absolute Gasteiger partial charge is 0.381 e. The minimum absolute atomic E-state index is 0.277. The third kappa shape index (κ3) is 4.46. The molecule has 2 rings (SSSR count). The van der Waals surface area contributed by atoms with E-state index in [2.05, 4.69) is 17.1 Å². The van der Waals surface area contributed by atoms with Crippen molar-refractivity contribution in [2.75, 3.05) is 32.8 Å². The maximum absolute atomic E-state index is 12.1. The average molecular weight is 268 g/mol. The van der Waals surface area contributed by atoms with Crippen LogP contribution in [0, 0.1) is 5.92 Å². The first-order chi connectivity index (χ1) is 9.31. The number of rotatable bonds is 6. The molecule has 1 amide bonds. The van der Waals surface area contributed by atoms with E-state index in [0.717, 1.165) is 39.1 Å². The molecule has 0 aliphatic carbocycles. The van der Waals surface area contributed by atoms with Crippen LogP contribution in [0.2, 0.25) is 0 Å². The molecule has 0 aromatic rings. The van der Waals surface area contributed by atoms with Gasteiger partial charge < -0.3 is 15.0 Å². The van der Waals surface area contributed by atoms with Gasteiger partial charge in [0.25, 0.3) is 0 Å². The Hall–Kier alpha value is -0.610. The lowest BCUT2D eigenvalue weighted by atomic mass is 9.89. The van der Waals surface area contributed by atoms with E-state index in [9.17, 15) is 4.79 Å². The highest BCUT2D eigenvalue weighted by Crippen LogP contribution is 2.25. The van der Waals surface area contributed by atoms with Crippen LogP contribution in [0.3, 0.4) is 0 Å². The van der Waals surface area contributed by atoms with Gasteiger partial charge in [0.15, 0.2) is 0 Å². The summed E-state index contributed by atoms with van der Waals surface area (Å²) in [5, 5.41) is 3.58. The Kier molecular flexibility index (Phi) is 6.11. The molecule has 0 radical (unpaired) electrons. The van der Waals surface area contributed by atoms with Crippen molar-refractivity contribution in [2.45, 2.75) is 51.5 Å². The van der Waals surface area contributed by atoms with Crippen molar-refractivity contribution < 1.29 is 9.53 Å². The van der Waals surface area contributed by atoms with Crippen LogP contribution in [0.1, 0.15) is 45.4 Å². The van der Waals surface area contributed by atoms with E-state index in [1.807, 2.05) is 0 Å². The fraction of sp³-hybridized carbons (Fsp3) is 0.933. The third-order valence-corrected chi connectivity index (χ3v) is 4.29. The van der Waals surface area contributed by atoms with Crippen molar-refractivity contribution in [1.82, 2.24) is 10.2 Å². The third-order valence-electron chi connectivity index (χ3n) is 4.29. The highest BCUT2D eigenvalue weighted by molar-refractivity contribution is 5.76. The van der Waals surface area contributed by atoms with Crippen LogP contribution in [0.25, 0.3) is 0 Å². The van der Waals surface area contributed by atoms with Gasteiger partial charge in [0, 0.05) is 25.7 Å². The second-order valence-electron chi connectivity index (χ2n) is 5.81. The molecule has 2 atom stereocenters. The zero-order valence-corrected chi connectivity index (χ0v) is 12.2. The number of nitrogens with one attached hydrogen (secondary N) is 1. The summed E-state index contributed by atoms with van der Waals surface area (Å²) in [6.07, 6.45) is 6.57. The van der Waals surface area contributed by atoms with Crippen LogP contribution in [0.15, 0.2) is 0 Å². The van der Waals surface area contributed by atoms with E-state index in [4.69, 9.17) is 4.74 Å². The number of hydrogen-bond donors (Lipinski definition) is 1. The van der Waals surface area contributed by atoms with E-state index < -0.39 is 0 Å². The van der Waals surface area contributed by atoms with Crippen LogP contribution in [0.5, 0.6) is 0 Å². The molecule has 0 aromatic heterocycles. The minimum atomic E-state index is 0.277. The number of carbonyl (C=O) groups excluding carboxylic acids is 1. The van der Waals surface area contributed by atoms with Gasteiger partial charge in [-0.05, 0) is 44.6 Å². The summed E-state index contributed by atoms with van der Waals surface area (Å²) in [6.45, 7) is 6.48. The molecule has 2 unspecified atom stereocenters. The molecular weight excluding hydrogens is 240 g/mol. The van der Waals surface area contributed by atoms with Gasteiger partial charge in [-0.2, -0.15) is 0 Å². The molecule has 2 heterocycles. The first kappa shape index (κ1) is 14.8. The van der Waals surface area contributed by atoms with Crippen molar-refractivity contribution in [2.24, 2.45) is 5.92 Å². The van der Waals surface area contributed by atoms with Crippen LogP contribution in [0.4, 0.5) is 0 Å². The number of carbonyl (C=O) groups is 1. The first-order valence-electron chi connectivity index (χ1n) is 7.90.